The number of halogens is 1. The number of hydrogen-bond donors (Lipinski definition) is 0. The van der Waals surface area contributed by atoms with Crippen LogP contribution in [0.25, 0.3) is 10.7 Å². The van der Waals surface area contributed by atoms with E-state index in [1.807, 2.05) is 12.1 Å². The van der Waals surface area contributed by atoms with E-state index in [4.69, 9.17) is 21.7 Å². The summed E-state index contributed by atoms with van der Waals surface area (Å²) in [6, 6.07) is 4.37. The van der Waals surface area contributed by atoms with Gasteiger partial charge in [-0.1, -0.05) is 30.9 Å². The van der Waals surface area contributed by atoms with Crippen LogP contribution in [0.5, 0.6) is 0 Å². The van der Waals surface area contributed by atoms with E-state index in [9.17, 15) is 0 Å². The van der Waals surface area contributed by atoms with Gasteiger partial charge in [-0.15, -0.1) is 11.3 Å². The van der Waals surface area contributed by atoms with Gasteiger partial charge in [0.15, 0.2) is 11.6 Å². The van der Waals surface area contributed by atoms with Crippen LogP contribution in [-0.4, -0.2) is 29.5 Å². The predicted molar refractivity (Wildman–Crippen MR) is 89.6 cm³/mol. The minimum Gasteiger partial charge on any atom is -0.245 e. The summed E-state index contributed by atoms with van der Waals surface area (Å²) >= 11 is 7.66. The van der Waals surface area contributed by atoms with Gasteiger partial charge in [0.25, 0.3) is 0 Å². The summed E-state index contributed by atoms with van der Waals surface area (Å²) in [7, 11) is 0. The molecule has 3 heterocycles. The molecule has 0 radical (unpaired) electrons. The van der Waals surface area contributed by atoms with Crippen molar-refractivity contribution in [3.8, 4) is 10.7 Å². The molecule has 23 heavy (non-hydrogen) atoms. The molecule has 1 saturated carbocycles. The van der Waals surface area contributed by atoms with Gasteiger partial charge in [0, 0.05) is 0 Å². The van der Waals surface area contributed by atoms with Crippen LogP contribution in [0.3, 0.4) is 0 Å². The Morgan fingerprint density at radius 2 is 2.09 bits per heavy atom. The summed E-state index contributed by atoms with van der Waals surface area (Å²) in [5.74, 6) is 1.68. The summed E-state index contributed by atoms with van der Waals surface area (Å²) < 4.78 is 4.62. The topological polar surface area (TPSA) is 61.4 Å². The molecule has 0 aliphatic heterocycles. The van der Waals surface area contributed by atoms with Crippen LogP contribution in [0.15, 0.2) is 24.8 Å². The first kappa shape index (κ1) is 14.8. The van der Waals surface area contributed by atoms with E-state index < -0.39 is 0 Å². The molecular formula is C15H17ClN6S. The molecule has 3 aromatic rings. The van der Waals surface area contributed by atoms with E-state index in [1.165, 1.54) is 25.6 Å². The smallest absolute Gasteiger partial charge is 0.172 e. The maximum Gasteiger partial charge on any atom is 0.172 e. The first-order chi connectivity index (χ1) is 11.3. The lowest BCUT2D eigenvalue weighted by Gasteiger charge is -2.22. The van der Waals surface area contributed by atoms with Crippen molar-refractivity contribution in [1.29, 1.82) is 0 Å². The third kappa shape index (κ3) is 3.16. The van der Waals surface area contributed by atoms with E-state index in [0.29, 0.717) is 12.6 Å². The highest BCUT2D eigenvalue weighted by Gasteiger charge is 2.23. The maximum absolute atomic E-state index is 6.11. The molecule has 0 unspecified atom stereocenters. The molecule has 3 aromatic heterocycles. The number of nitrogens with zero attached hydrogens (tertiary/aromatic N) is 6. The van der Waals surface area contributed by atoms with Gasteiger partial charge in [0.05, 0.1) is 15.3 Å². The second-order valence-corrected chi connectivity index (χ2v) is 7.50. The minimum atomic E-state index is 0.427. The van der Waals surface area contributed by atoms with E-state index in [0.717, 1.165) is 33.7 Å². The Hall–Kier alpha value is -1.73. The maximum atomic E-state index is 6.11. The zero-order valence-electron chi connectivity index (χ0n) is 12.6. The lowest BCUT2D eigenvalue weighted by atomic mass is 9.95. The van der Waals surface area contributed by atoms with Crippen LogP contribution in [0.4, 0.5) is 0 Å². The van der Waals surface area contributed by atoms with Crippen LogP contribution in [0.2, 0.25) is 4.34 Å². The normalized spacial score (nSPS) is 16.0. The Kier molecular flexibility index (Phi) is 4.13. The van der Waals surface area contributed by atoms with Crippen molar-refractivity contribution in [2.75, 3.05) is 0 Å². The van der Waals surface area contributed by atoms with Crippen LogP contribution in [0.1, 0.15) is 44.0 Å². The molecule has 1 fully saturated rings. The Bertz CT molecular complexity index is 772. The van der Waals surface area contributed by atoms with E-state index in [-0.39, 0.29) is 0 Å². The van der Waals surface area contributed by atoms with Gasteiger partial charge in [-0.25, -0.2) is 19.3 Å². The van der Waals surface area contributed by atoms with Crippen molar-refractivity contribution in [3.63, 3.8) is 0 Å². The summed E-state index contributed by atoms with van der Waals surface area (Å²) in [6.07, 6.45) is 9.37. The monoisotopic (exact) mass is 348 g/mol. The standard InChI is InChI=1S/C15H17ClN6S/c16-13-7-6-12(23-13)15-19-14(8-21-10-17-9-18-21)20-22(15)11-4-2-1-3-5-11/h6-7,9-11H,1-5,8H2. The zero-order chi connectivity index (χ0) is 15.6. The van der Waals surface area contributed by atoms with Crippen LogP contribution >= 0.6 is 22.9 Å². The van der Waals surface area contributed by atoms with Crippen LogP contribution in [-0.2, 0) is 6.54 Å². The molecular weight excluding hydrogens is 332 g/mol. The fourth-order valence-corrected chi connectivity index (χ4v) is 4.10. The molecule has 8 heteroatoms. The summed E-state index contributed by atoms with van der Waals surface area (Å²) in [4.78, 5) is 9.80. The molecule has 4 rings (SSSR count). The average molecular weight is 349 g/mol. The largest absolute Gasteiger partial charge is 0.245 e. The van der Waals surface area contributed by atoms with Crippen molar-refractivity contribution in [2.24, 2.45) is 0 Å². The Morgan fingerprint density at radius 1 is 1.22 bits per heavy atom. The molecule has 0 N–H and O–H groups in total. The fraction of sp³-hybridized carbons (Fsp3) is 0.467. The van der Waals surface area contributed by atoms with Crippen molar-refractivity contribution < 1.29 is 0 Å². The van der Waals surface area contributed by atoms with Gasteiger partial charge in [-0.2, -0.15) is 10.2 Å². The quantitative estimate of drug-likeness (QED) is 0.719. The summed E-state index contributed by atoms with van der Waals surface area (Å²) in [5, 5.41) is 8.91. The van der Waals surface area contributed by atoms with Gasteiger partial charge in [0.2, 0.25) is 0 Å². The number of hydrogen-bond acceptors (Lipinski definition) is 5. The lowest BCUT2D eigenvalue weighted by molar-refractivity contribution is 0.330. The Morgan fingerprint density at radius 3 is 2.78 bits per heavy atom. The Balaban J connectivity index is 1.70. The molecule has 1 aliphatic carbocycles. The van der Waals surface area contributed by atoms with Gasteiger partial charge in [-0.05, 0) is 25.0 Å². The molecule has 120 valence electrons. The number of thiophene rings is 1. The highest BCUT2D eigenvalue weighted by molar-refractivity contribution is 7.19. The van der Waals surface area contributed by atoms with E-state index >= 15 is 0 Å². The zero-order valence-corrected chi connectivity index (χ0v) is 14.2. The van der Waals surface area contributed by atoms with Gasteiger partial charge >= 0.3 is 0 Å². The van der Waals surface area contributed by atoms with Gasteiger partial charge < -0.3 is 0 Å². The highest BCUT2D eigenvalue weighted by atomic mass is 35.5. The molecule has 0 aromatic carbocycles. The lowest BCUT2D eigenvalue weighted by Crippen LogP contribution is -2.15. The molecule has 0 saturated heterocycles. The molecule has 0 bridgehead atoms. The molecule has 0 amide bonds. The highest BCUT2D eigenvalue weighted by Crippen LogP contribution is 2.35. The minimum absolute atomic E-state index is 0.427. The predicted octanol–water partition coefficient (Wildman–Crippen LogP) is 3.81. The van der Waals surface area contributed by atoms with Crippen LogP contribution < -0.4 is 0 Å². The van der Waals surface area contributed by atoms with Gasteiger partial charge in [-0.3, -0.25) is 0 Å². The van der Waals surface area contributed by atoms with Crippen LogP contribution in [0, 0.1) is 0 Å². The van der Waals surface area contributed by atoms with Crippen molar-refractivity contribution in [2.45, 2.75) is 44.7 Å². The Labute approximate surface area is 143 Å². The second kappa shape index (κ2) is 6.41. The van der Waals surface area contributed by atoms with Crippen molar-refractivity contribution in [3.05, 3.63) is 34.9 Å². The van der Waals surface area contributed by atoms with Crippen molar-refractivity contribution >= 4 is 22.9 Å². The fourth-order valence-electron chi connectivity index (χ4n) is 3.08. The molecule has 6 nitrogen and oxygen atoms in total. The summed E-state index contributed by atoms with van der Waals surface area (Å²) in [6.45, 7) is 0.534. The SMILES string of the molecule is Clc1ccc(-c2nc(Cn3cncn3)nn2C2CCCCC2)s1. The molecule has 0 spiro atoms. The second-order valence-electron chi connectivity index (χ2n) is 5.78. The first-order valence-electron chi connectivity index (χ1n) is 7.83. The van der Waals surface area contributed by atoms with E-state index in [2.05, 4.69) is 14.8 Å². The summed E-state index contributed by atoms with van der Waals surface area (Å²) in [5.41, 5.74) is 0. The van der Waals surface area contributed by atoms with Gasteiger partial charge in [0.1, 0.15) is 19.2 Å². The first-order valence-corrected chi connectivity index (χ1v) is 9.02. The molecule has 0 atom stereocenters. The number of rotatable bonds is 4. The van der Waals surface area contributed by atoms with Crippen molar-refractivity contribution in [1.82, 2.24) is 29.5 Å². The average Bonchev–Trinajstić information content (AvgIpc) is 3.29. The third-order valence-corrected chi connectivity index (χ3v) is 5.39. The van der Waals surface area contributed by atoms with E-state index in [1.54, 1.807) is 22.3 Å². The molecule has 1 aliphatic rings. The third-order valence-electron chi connectivity index (χ3n) is 4.16. The number of aromatic nitrogens is 6.